The SMILES string of the molecule is CC1CN(C)CCC1NC(=O)C1(C)CCCC1N. The van der Waals surface area contributed by atoms with Crippen LogP contribution in [0, 0.1) is 11.3 Å². The summed E-state index contributed by atoms with van der Waals surface area (Å²) in [4.78, 5) is 14.8. The fourth-order valence-electron chi connectivity index (χ4n) is 3.38. The number of carbonyl (C=O) groups excluding carboxylic acids is 1. The van der Waals surface area contributed by atoms with Crippen molar-refractivity contribution in [1.82, 2.24) is 10.2 Å². The van der Waals surface area contributed by atoms with E-state index in [9.17, 15) is 4.79 Å². The fraction of sp³-hybridized carbons (Fsp3) is 0.929. The highest BCUT2D eigenvalue weighted by molar-refractivity contribution is 5.83. The van der Waals surface area contributed by atoms with Gasteiger partial charge in [0.1, 0.15) is 0 Å². The zero-order chi connectivity index (χ0) is 13.3. The predicted molar refractivity (Wildman–Crippen MR) is 73.1 cm³/mol. The summed E-state index contributed by atoms with van der Waals surface area (Å²) in [6, 6.07) is 0.345. The van der Waals surface area contributed by atoms with Crippen molar-refractivity contribution in [2.45, 2.75) is 51.6 Å². The number of nitrogens with zero attached hydrogens (tertiary/aromatic N) is 1. The van der Waals surface area contributed by atoms with Crippen LogP contribution in [-0.4, -0.2) is 43.0 Å². The maximum Gasteiger partial charge on any atom is 0.227 e. The van der Waals surface area contributed by atoms with Gasteiger partial charge in [0.15, 0.2) is 0 Å². The molecular formula is C14H27N3O. The summed E-state index contributed by atoms with van der Waals surface area (Å²) in [7, 11) is 2.14. The van der Waals surface area contributed by atoms with E-state index in [1.807, 2.05) is 6.92 Å². The number of piperidine rings is 1. The second kappa shape index (κ2) is 5.17. The van der Waals surface area contributed by atoms with Crippen LogP contribution in [0.2, 0.25) is 0 Å². The minimum atomic E-state index is -0.344. The van der Waals surface area contributed by atoms with E-state index in [1.54, 1.807) is 0 Å². The maximum absolute atomic E-state index is 12.5. The van der Waals surface area contributed by atoms with Crippen LogP contribution in [0.1, 0.15) is 39.5 Å². The highest BCUT2D eigenvalue weighted by Crippen LogP contribution is 2.37. The van der Waals surface area contributed by atoms with Gasteiger partial charge in [-0.2, -0.15) is 0 Å². The molecule has 1 aliphatic heterocycles. The van der Waals surface area contributed by atoms with Crippen LogP contribution in [0.3, 0.4) is 0 Å². The number of amides is 1. The Kier molecular flexibility index (Phi) is 3.97. The number of likely N-dealkylation sites (tertiary alicyclic amines) is 1. The number of nitrogens with two attached hydrogens (primary N) is 1. The van der Waals surface area contributed by atoms with Gasteiger partial charge in [-0.3, -0.25) is 4.79 Å². The first-order valence-electron chi connectivity index (χ1n) is 7.18. The predicted octanol–water partition coefficient (Wildman–Crippen LogP) is 0.960. The van der Waals surface area contributed by atoms with Crippen LogP contribution >= 0.6 is 0 Å². The standard InChI is InChI=1S/C14H27N3O/c1-10-9-17(3)8-6-11(10)16-13(18)14(2)7-4-5-12(14)15/h10-12H,4-9,15H2,1-3H3,(H,16,18). The lowest BCUT2D eigenvalue weighted by molar-refractivity contribution is -0.132. The van der Waals surface area contributed by atoms with Crippen molar-refractivity contribution in [2.24, 2.45) is 17.1 Å². The third kappa shape index (κ3) is 2.54. The lowest BCUT2D eigenvalue weighted by Crippen LogP contribution is -2.55. The van der Waals surface area contributed by atoms with Gasteiger partial charge in [-0.15, -0.1) is 0 Å². The molecule has 4 nitrogen and oxygen atoms in total. The average Bonchev–Trinajstić information content (AvgIpc) is 2.64. The summed E-state index contributed by atoms with van der Waals surface area (Å²) in [5, 5.41) is 3.26. The number of nitrogens with one attached hydrogen (secondary N) is 1. The smallest absolute Gasteiger partial charge is 0.227 e. The Labute approximate surface area is 110 Å². The summed E-state index contributed by atoms with van der Waals surface area (Å²) in [5.41, 5.74) is 5.76. The number of hydrogen-bond donors (Lipinski definition) is 2. The van der Waals surface area contributed by atoms with Gasteiger partial charge in [-0.25, -0.2) is 0 Å². The number of carbonyl (C=O) groups is 1. The van der Waals surface area contributed by atoms with E-state index in [0.29, 0.717) is 12.0 Å². The topological polar surface area (TPSA) is 58.4 Å². The minimum Gasteiger partial charge on any atom is -0.352 e. The van der Waals surface area contributed by atoms with Crippen LogP contribution in [0.15, 0.2) is 0 Å². The molecule has 2 aliphatic rings. The van der Waals surface area contributed by atoms with Crippen molar-refractivity contribution in [3.63, 3.8) is 0 Å². The van der Waals surface area contributed by atoms with Gasteiger partial charge in [0.2, 0.25) is 5.91 Å². The monoisotopic (exact) mass is 253 g/mol. The van der Waals surface area contributed by atoms with Gasteiger partial charge in [0, 0.05) is 18.6 Å². The van der Waals surface area contributed by atoms with Gasteiger partial charge in [0.25, 0.3) is 0 Å². The molecular weight excluding hydrogens is 226 g/mol. The first kappa shape index (κ1) is 13.8. The molecule has 0 spiro atoms. The van der Waals surface area contributed by atoms with Crippen molar-refractivity contribution in [3.05, 3.63) is 0 Å². The normalized spacial score (nSPS) is 41.9. The summed E-state index contributed by atoms with van der Waals surface area (Å²) in [6.45, 7) is 6.38. The molecule has 18 heavy (non-hydrogen) atoms. The van der Waals surface area contributed by atoms with Crippen LogP contribution in [0.5, 0.6) is 0 Å². The summed E-state index contributed by atoms with van der Waals surface area (Å²) in [5.74, 6) is 0.697. The minimum absolute atomic E-state index is 0.0269. The molecule has 0 aromatic rings. The first-order valence-corrected chi connectivity index (χ1v) is 7.18. The molecule has 2 fully saturated rings. The first-order chi connectivity index (χ1) is 8.43. The van der Waals surface area contributed by atoms with E-state index in [2.05, 4.69) is 24.2 Å². The Hall–Kier alpha value is -0.610. The molecule has 2 rings (SSSR count). The van der Waals surface area contributed by atoms with Crippen molar-refractivity contribution in [1.29, 1.82) is 0 Å². The molecule has 4 heteroatoms. The van der Waals surface area contributed by atoms with E-state index in [0.717, 1.165) is 38.8 Å². The quantitative estimate of drug-likeness (QED) is 0.770. The number of hydrogen-bond acceptors (Lipinski definition) is 3. The zero-order valence-corrected chi connectivity index (χ0v) is 11.9. The van der Waals surface area contributed by atoms with Crippen molar-refractivity contribution >= 4 is 5.91 Å². The fourth-order valence-corrected chi connectivity index (χ4v) is 3.38. The van der Waals surface area contributed by atoms with Crippen LogP contribution in [-0.2, 0) is 4.79 Å². The number of rotatable bonds is 2. The molecule has 0 aromatic carbocycles. The summed E-state index contributed by atoms with van der Waals surface area (Å²) >= 11 is 0. The molecule has 0 aromatic heterocycles. The largest absolute Gasteiger partial charge is 0.352 e. The Balaban J connectivity index is 1.95. The third-order valence-corrected chi connectivity index (χ3v) is 4.97. The second-order valence-electron chi connectivity index (χ2n) is 6.52. The van der Waals surface area contributed by atoms with Gasteiger partial charge in [0.05, 0.1) is 5.41 Å². The lowest BCUT2D eigenvalue weighted by atomic mass is 9.83. The molecule has 3 N–H and O–H groups in total. The summed E-state index contributed by atoms with van der Waals surface area (Å²) in [6.07, 6.45) is 4.04. The molecule has 1 heterocycles. The highest BCUT2D eigenvalue weighted by atomic mass is 16.2. The summed E-state index contributed by atoms with van der Waals surface area (Å²) < 4.78 is 0. The van der Waals surface area contributed by atoms with Gasteiger partial charge in [-0.05, 0) is 45.7 Å². The van der Waals surface area contributed by atoms with E-state index in [4.69, 9.17) is 5.73 Å². The average molecular weight is 253 g/mol. The lowest BCUT2D eigenvalue weighted by Gasteiger charge is -2.37. The Morgan fingerprint density at radius 2 is 2.17 bits per heavy atom. The Morgan fingerprint density at radius 1 is 1.44 bits per heavy atom. The van der Waals surface area contributed by atoms with E-state index < -0.39 is 0 Å². The van der Waals surface area contributed by atoms with E-state index in [-0.39, 0.29) is 17.4 Å². The van der Waals surface area contributed by atoms with E-state index in [1.165, 1.54) is 0 Å². The van der Waals surface area contributed by atoms with Crippen LogP contribution < -0.4 is 11.1 Å². The van der Waals surface area contributed by atoms with Crippen molar-refractivity contribution < 1.29 is 4.79 Å². The van der Waals surface area contributed by atoms with Crippen LogP contribution in [0.25, 0.3) is 0 Å². The molecule has 1 saturated heterocycles. The molecule has 0 radical (unpaired) electrons. The molecule has 1 amide bonds. The Bertz CT molecular complexity index is 320. The van der Waals surface area contributed by atoms with Gasteiger partial charge >= 0.3 is 0 Å². The van der Waals surface area contributed by atoms with E-state index >= 15 is 0 Å². The van der Waals surface area contributed by atoms with Gasteiger partial charge < -0.3 is 16.0 Å². The van der Waals surface area contributed by atoms with Gasteiger partial charge in [-0.1, -0.05) is 13.3 Å². The highest BCUT2D eigenvalue weighted by Gasteiger charge is 2.44. The second-order valence-corrected chi connectivity index (χ2v) is 6.52. The molecule has 104 valence electrons. The molecule has 0 bridgehead atoms. The van der Waals surface area contributed by atoms with Crippen molar-refractivity contribution in [3.8, 4) is 0 Å². The maximum atomic E-state index is 12.5. The van der Waals surface area contributed by atoms with Crippen molar-refractivity contribution in [2.75, 3.05) is 20.1 Å². The molecule has 1 saturated carbocycles. The Morgan fingerprint density at radius 3 is 2.72 bits per heavy atom. The van der Waals surface area contributed by atoms with Crippen LogP contribution in [0.4, 0.5) is 0 Å². The zero-order valence-electron chi connectivity index (χ0n) is 11.9. The molecule has 4 atom stereocenters. The third-order valence-electron chi connectivity index (χ3n) is 4.97. The molecule has 4 unspecified atom stereocenters. The molecule has 1 aliphatic carbocycles.